The second-order valence-electron chi connectivity index (χ2n) is 7.91. The van der Waals surface area contributed by atoms with Crippen LogP contribution in [0.1, 0.15) is 36.0 Å². The fourth-order valence-corrected chi connectivity index (χ4v) is 4.23. The molecule has 1 amide bonds. The van der Waals surface area contributed by atoms with Crippen molar-refractivity contribution in [3.63, 3.8) is 0 Å². The molecule has 0 radical (unpaired) electrons. The topological polar surface area (TPSA) is 32.3 Å². The number of nitrogens with zero attached hydrogens (tertiary/aromatic N) is 1. The van der Waals surface area contributed by atoms with Gasteiger partial charge in [-0.25, -0.2) is 4.39 Å². The van der Waals surface area contributed by atoms with Crippen LogP contribution in [0.25, 0.3) is 6.08 Å². The van der Waals surface area contributed by atoms with Crippen molar-refractivity contribution < 1.29 is 9.18 Å². The minimum atomic E-state index is -0.162. The number of benzene rings is 2. The van der Waals surface area contributed by atoms with Gasteiger partial charge in [0.15, 0.2) is 0 Å². The highest BCUT2D eigenvalue weighted by molar-refractivity contribution is 5.96. The van der Waals surface area contributed by atoms with Crippen LogP contribution in [-0.4, -0.2) is 30.4 Å². The predicted molar refractivity (Wildman–Crippen MR) is 112 cm³/mol. The number of para-hydroxylation sites is 1. The van der Waals surface area contributed by atoms with E-state index >= 15 is 0 Å². The summed E-state index contributed by atoms with van der Waals surface area (Å²) < 4.78 is 13.0. The molecule has 1 fully saturated rings. The maximum Gasteiger partial charge on any atom is 0.224 e. The number of fused-ring (bicyclic) bond motifs is 1. The molecule has 0 aliphatic carbocycles. The molecule has 3 nitrogen and oxygen atoms in total. The number of halogens is 1. The van der Waals surface area contributed by atoms with Gasteiger partial charge in [-0.05, 0) is 73.5 Å². The lowest BCUT2D eigenvalue weighted by atomic mass is 9.90. The smallest absolute Gasteiger partial charge is 0.224 e. The second kappa shape index (κ2) is 8.70. The van der Waals surface area contributed by atoms with Crippen LogP contribution in [0.3, 0.4) is 0 Å². The van der Waals surface area contributed by atoms with Gasteiger partial charge in [-0.1, -0.05) is 42.5 Å². The summed E-state index contributed by atoms with van der Waals surface area (Å²) in [5.41, 5.74) is 4.53. The molecule has 28 heavy (non-hydrogen) atoms. The highest BCUT2D eigenvalue weighted by atomic mass is 19.1. The Morgan fingerprint density at radius 3 is 2.64 bits per heavy atom. The van der Waals surface area contributed by atoms with Crippen molar-refractivity contribution in [3.8, 4) is 0 Å². The predicted octanol–water partition coefficient (Wildman–Crippen LogP) is 4.68. The van der Waals surface area contributed by atoms with E-state index in [1.165, 1.54) is 24.0 Å². The normalized spacial score (nSPS) is 18.2. The lowest BCUT2D eigenvalue weighted by Crippen LogP contribution is -2.34. The molecule has 4 rings (SSSR count). The zero-order valence-electron chi connectivity index (χ0n) is 16.2. The van der Waals surface area contributed by atoms with Crippen molar-refractivity contribution in [2.45, 2.75) is 32.1 Å². The van der Waals surface area contributed by atoms with E-state index in [9.17, 15) is 9.18 Å². The van der Waals surface area contributed by atoms with Crippen molar-refractivity contribution in [1.29, 1.82) is 0 Å². The lowest BCUT2D eigenvalue weighted by Gasteiger charge is -2.31. The van der Waals surface area contributed by atoms with Gasteiger partial charge in [-0.15, -0.1) is 0 Å². The number of anilines is 1. The van der Waals surface area contributed by atoms with E-state index in [0.29, 0.717) is 12.3 Å². The van der Waals surface area contributed by atoms with E-state index in [0.717, 1.165) is 43.7 Å². The number of hydrogen-bond acceptors (Lipinski definition) is 2. The molecule has 0 bridgehead atoms. The number of amides is 1. The summed E-state index contributed by atoms with van der Waals surface area (Å²) in [7, 11) is 0. The number of rotatable bonds is 5. The summed E-state index contributed by atoms with van der Waals surface area (Å²) in [4.78, 5) is 14.2. The van der Waals surface area contributed by atoms with Crippen LogP contribution in [0, 0.1) is 11.7 Å². The Morgan fingerprint density at radius 1 is 1.07 bits per heavy atom. The number of nitrogens with one attached hydrogen (secondary N) is 1. The molecule has 2 aliphatic heterocycles. The van der Waals surface area contributed by atoms with Crippen molar-refractivity contribution >= 4 is 17.7 Å². The monoisotopic (exact) mass is 378 g/mol. The molecule has 1 saturated heterocycles. The van der Waals surface area contributed by atoms with E-state index in [4.69, 9.17) is 0 Å². The molecule has 0 aromatic heterocycles. The standard InChI is InChI=1S/C24H27FN2O/c25-22-9-6-18(7-10-22)17-19-12-15-27(16-13-19)14-2-5-20-3-1-4-21-8-11-23(28)26-24(20)21/h1-7,9-10,19H,8,11-17H2,(H,26,28). The quantitative estimate of drug-likeness (QED) is 0.819. The molecule has 0 atom stereocenters. The SMILES string of the molecule is O=C1CCc2cccc(C=CCN3CCC(Cc4ccc(F)cc4)CC3)c2N1. The molecular formula is C24H27FN2O. The molecule has 4 heteroatoms. The summed E-state index contributed by atoms with van der Waals surface area (Å²) in [6, 6.07) is 13.2. The third-order valence-corrected chi connectivity index (χ3v) is 5.87. The van der Waals surface area contributed by atoms with Gasteiger partial charge >= 0.3 is 0 Å². The molecule has 2 aliphatic rings. The molecular weight excluding hydrogens is 351 g/mol. The van der Waals surface area contributed by atoms with Crippen molar-refractivity contribution in [2.24, 2.45) is 5.92 Å². The highest BCUT2D eigenvalue weighted by Crippen LogP contribution is 2.27. The van der Waals surface area contributed by atoms with Crippen LogP contribution >= 0.6 is 0 Å². The Labute approximate surface area is 166 Å². The summed E-state index contributed by atoms with van der Waals surface area (Å²) >= 11 is 0. The third-order valence-electron chi connectivity index (χ3n) is 5.87. The zero-order chi connectivity index (χ0) is 19.3. The number of likely N-dealkylation sites (tertiary alicyclic amines) is 1. The molecule has 146 valence electrons. The molecule has 2 aromatic rings. The van der Waals surface area contributed by atoms with Gasteiger partial charge in [0.1, 0.15) is 5.82 Å². The van der Waals surface area contributed by atoms with Crippen molar-refractivity contribution in [2.75, 3.05) is 25.0 Å². The highest BCUT2D eigenvalue weighted by Gasteiger charge is 2.19. The summed E-state index contributed by atoms with van der Waals surface area (Å²) in [6.07, 6.45) is 9.15. The third kappa shape index (κ3) is 4.68. The summed E-state index contributed by atoms with van der Waals surface area (Å²) in [5.74, 6) is 0.628. The van der Waals surface area contributed by atoms with Crippen LogP contribution in [0.4, 0.5) is 10.1 Å². The van der Waals surface area contributed by atoms with Gasteiger partial charge in [0, 0.05) is 13.0 Å². The molecule has 2 heterocycles. The van der Waals surface area contributed by atoms with E-state index in [1.807, 2.05) is 12.1 Å². The Hall–Kier alpha value is -2.46. The number of carbonyl (C=O) groups is 1. The first-order valence-corrected chi connectivity index (χ1v) is 10.2. The molecule has 0 unspecified atom stereocenters. The van der Waals surface area contributed by atoms with Gasteiger partial charge in [0.25, 0.3) is 0 Å². The Kier molecular flexibility index (Phi) is 5.87. The van der Waals surface area contributed by atoms with Crippen molar-refractivity contribution in [1.82, 2.24) is 4.90 Å². The molecule has 0 saturated carbocycles. The van der Waals surface area contributed by atoms with Crippen LogP contribution < -0.4 is 5.32 Å². The maximum absolute atomic E-state index is 13.0. The van der Waals surface area contributed by atoms with Crippen LogP contribution in [0.2, 0.25) is 0 Å². The van der Waals surface area contributed by atoms with Crippen LogP contribution in [0.15, 0.2) is 48.5 Å². The molecule has 1 N–H and O–H groups in total. The van der Waals surface area contributed by atoms with E-state index in [-0.39, 0.29) is 11.7 Å². The van der Waals surface area contributed by atoms with Crippen molar-refractivity contribution in [3.05, 3.63) is 71.0 Å². The minimum Gasteiger partial charge on any atom is -0.325 e. The average Bonchev–Trinajstić information content (AvgIpc) is 2.71. The largest absolute Gasteiger partial charge is 0.325 e. The second-order valence-corrected chi connectivity index (χ2v) is 7.91. The van der Waals surface area contributed by atoms with E-state index < -0.39 is 0 Å². The average molecular weight is 378 g/mol. The first-order valence-electron chi connectivity index (χ1n) is 10.2. The van der Waals surface area contributed by atoms with Gasteiger partial charge in [0.05, 0.1) is 5.69 Å². The molecule has 0 spiro atoms. The van der Waals surface area contributed by atoms with Crippen LogP contribution in [-0.2, 0) is 17.6 Å². The fraction of sp³-hybridized carbons (Fsp3) is 0.375. The van der Waals surface area contributed by atoms with Gasteiger partial charge < -0.3 is 5.32 Å². The van der Waals surface area contributed by atoms with Gasteiger partial charge in [0.2, 0.25) is 5.91 Å². The number of aryl methyl sites for hydroxylation is 1. The lowest BCUT2D eigenvalue weighted by molar-refractivity contribution is -0.116. The van der Waals surface area contributed by atoms with Crippen LogP contribution in [0.5, 0.6) is 0 Å². The van der Waals surface area contributed by atoms with Gasteiger partial charge in [-0.2, -0.15) is 0 Å². The number of hydrogen-bond donors (Lipinski definition) is 1. The first-order chi connectivity index (χ1) is 13.7. The van der Waals surface area contributed by atoms with Gasteiger partial charge in [-0.3, -0.25) is 9.69 Å². The first kappa shape index (κ1) is 18.9. The fourth-order valence-electron chi connectivity index (χ4n) is 4.23. The number of carbonyl (C=O) groups excluding carboxylic acids is 1. The Morgan fingerprint density at radius 2 is 1.86 bits per heavy atom. The maximum atomic E-state index is 13.0. The number of piperidine rings is 1. The zero-order valence-corrected chi connectivity index (χ0v) is 16.2. The van der Waals surface area contributed by atoms with E-state index in [1.54, 1.807) is 12.1 Å². The Bertz CT molecular complexity index is 851. The minimum absolute atomic E-state index is 0.108. The van der Waals surface area contributed by atoms with E-state index in [2.05, 4.69) is 40.6 Å². The summed E-state index contributed by atoms with van der Waals surface area (Å²) in [6.45, 7) is 3.13. The Balaban J connectivity index is 1.28. The molecule has 2 aromatic carbocycles. The summed E-state index contributed by atoms with van der Waals surface area (Å²) in [5, 5.41) is 3.02.